The van der Waals surface area contributed by atoms with Crippen LogP contribution in [-0.2, 0) is 11.3 Å². The Morgan fingerprint density at radius 1 is 1.60 bits per heavy atom. The summed E-state index contributed by atoms with van der Waals surface area (Å²) in [4.78, 5) is 11.3. The lowest BCUT2D eigenvalue weighted by molar-refractivity contribution is 0.0592. The van der Waals surface area contributed by atoms with Crippen LogP contribution in [0.3, 0.4) is 0 Å². The number of halogens is 1. The molecule has 0 fully saturated rings. The third-order valence-corrected chi connectivity index (χ3v) is 2.00. The van der Waals surface area contributed by atoms with Crippen LogP contribution in [0.25, 0.3) is 0 Å². The maximum Gasteiger partial charge on any atom is 0.360 e. The Balaban J connectivity index is 3.11. The monoisotopic (exact) mass is 215 g/mol. The lowest BCUT2D eigenvalue weighted by Gasteiger charge is -2.08. The van der Waals surface area contributed by atoms with Gasteiger partial charge in [0.2, 0.25) is 0 Å². The van der Waals surface area contributed by atoms with Crippen LogP contribution in [-0.4, -0.2) is 34.7 Å². The summed E-state index contributed by atoms with van der Waals surface area (Å²) in [5, 5.41) is 7.42. The van der Waals surface area contributed by atoms with Gasteiger partial charge in [0.05, 0.1) is 19.3 Å². The minimum Gasteiger partial charge on any atom is -0.464 e. The second-order valence-corrected chi connectivity index (χ2v) is 3.38. The molecular formula is C9H14FN3O2. The molecule has 84 valence electrons. The number of rotatable bonds is 4. The number of esters is 1. The maximum absolute atomic E-state index is 12.2. The van der Waals surface area contributed by atoms with E-state index in [1.165, 1.54) is 11.8 Å². The lowest BCUT2D eigenvalue weighted by Crippen LogP contribution is -2.12. The van der Waals surface area contributed by atoms with Crippen molar-refractivity contribution >= 4 is 5.97 Å². The average molecular weight is 215 g/mol. The van der Waals surface area contributed by atoms with Crippen LogP contribution in [0.5, 0.6) is 0 Å². The first kappa shape index (κ1) is 11.6. The molecule has 0 spiro atoms. The van der Waals surface area contributed by atoms with Crippen molar-refractivity contribution in [3.05, 3.63) is 11.4 Å². The second-order valence-electron chi connectivity index (χ2n) is 3.38. The molecule has 0 amide bonds. The van der Waals surface area contributed by atoms with Crippen LogP contribution in [0.2, 0.25) is 0 Å². The van der Waals surface area contributed by atoms with E-state index in [0.717, 1.165) is 0 Å². The molecule has 0 saturated carbocycles. The number of ether oxygens (including phenoxy) is 1. The zero-order chi connectivity index (χ0) is 11.4. The molecule has 15 heavy (non-hydrogen) atoms. The summed E-state index contributed by atoms with van der Waals surface area (Å²) in [7, 11) is 1.28. The van der Waals surface area contributed by atoms with Crippen LogP contribution in [0, 0.1) is 0 Å². The van der Waals surface area contributed by atoms with E-state index in [-0.39, 0.29) is 18.2 Å². The van der Waals surface area contributed by atoms with Gasteiger partial charge < -0.3 is 4.74 Å². The van der Waals surface area contributed by atoms with E-state index in [2.05, 4.69) is 15.0 Å². The summed E-state index contributed by atoms with van der Waals surface area (Å²) < 4.78 is 18.2. The Kier molecular flexibility index (Phi) is 3.76. The molecule has 1 aromatic heterocycles. The van der Waals surface area contributed by atoms with Gasteiger partial charge in [0, 0.05) is 0 Å². The maximum atomic E-state index is 12.2. The molecule has 1 aromatic rings. The van der Waals surface area contributed by atoms with Crippen molar-refractivity contribution < 1.29 is 13.9 Å². The molecule has 0 radical (unpaired) electrons. The second kappa shape index (κ2) is 4.86. The number of alkyl halides is 1. The molecule has 1 rings (SSSR count). The minimum absolute atomic E-state index is 0.0423. The van der Waals surface area contributed by atoms with Crippen LogP contribution in [0.15, 0.2) is 0 Å². The summed E-state index contributed by atoms with van der Waals surface area (Å²) in [5.74, 6) is -0.496. The normalized spacial score (nSPS) is 10.7. The Labute approximate surface area is 87.2 Å². The van der Waals surface area contributed by atoms with Crippen molar-refractivity contribution in [3.63, 3.8) is 0 Å². The van der Waals surface area contributed by atoms with E-state index in [9.17, 15) is 9.18 Å². The third-order valence-electron chi connectivity index (χ3n) is 2.00. The molecule has 0 aromatic carbocycles. The number of aryl methyl sites for hydroxylation is 1. The number of carbonyl (C=O) groups is 1. The van der Waals surface area contributed by atoms with Crippen molar-refractivity contribution in [1.29, 1.82) is 0 Å². The van der Waals surface area contributed by atoms with Crippen LogP contribution in [0.4, 0.5) is 4.39 Å². The zero-order valence-electron chi connectivity index (χ0n) is 9.03. The van der Waals surface area contributed by atoms with Gasteiger partial charge in [0.25, 0.3) is 0 Å². The molecular weight excluding hydrogens is 201 g/mol. The van der Waals surface area contributed by atoms with E-state index in [4.69, 9.17) is 0 Å². The highest BCUT2D eigenvalue weighted by Gasteiger charge is 2.22. The van der Waals surface area contributed by atoms with Gasteiger partial charge in [0.1, 0.15) is 6.67 Å². The number of nitrogens with zero attached hydrogens (tertiary/aromatic N) is 3. The Bertz CT molecular complexity index is 349. The molecule has 5 nitrogen and oxygen atoms in total. The molecule has 0 aliphatic carbocycles. The number of aromatic nitrogens is 3. The Morgan fingerprint density at radius 3 is 2.73 bits per heavy atom. The van der Waals surface area contributed by atoms with Gasteiger partial charge in [-0.1, -0.05) is 19.1 Å². The first-order chi connectivity index (χ1) is 7.11. The predicted molar refractivity (Wildman–Crippen MR) is 51.4 cm³/mol. The summed E-state index contributed by atoms with van der Waals surface area (Å²) >= 11 is 0. The fourth-order valence-corrected chi connectivity index (χ4v) is 1.38. The molecule has 0 N–H and O–H groups in total. The Morgan fingerprint density at radius 2 is 2.27 bits per heavy atom. The van der Waals surface area contributed by atoms with E-state index < -0.39 is 12.6 Å². The highest BCUT2D eigenvalue weighted by Crippen LogP contribution is 2.18. The number of hydrogen-bond acceptors (Lipinski definition) is 4. The molecule has 0 aliphatic rings. The van der Waals surface area contributed by atoms with Crippen LogP contribution >= 0.6 is 0 Å². The third kappa shape index (κ3) is 2.31. The van der Waals surface area contributed by atoms with Gasteiger partial charge in [-0.2, -0.15) is 0 Å². The van der Waals surface area contributed by atoms with Gasteiger partial charge in [0.15, 0.2) is 5.69 Å². The summed E-state index contributed by atoms with van der Waals surface area (Å²) in [6, 6.07) is 0. The molecule has 1 heterocycles. The van der Waals surface area contributed by atoms with E-state index in [0.29, 0.717) is 5.69 Å². The van der Waals surface area contributed by atoms with E-state index in [1.807, 2.05) is 13.8 Å². The fraction of sp³-hybridized carbons (Fsp3) is 0.667. The van der Waals surface area contributed by atoms with Gasteiger partial charge in [-0.05, 0) is 5.92 Å². The molecule has 0 bridgehead atoms. The molecule has 0 unspecified atom stereocenters. The SMILES string of the molecule is COC(=O)c1nnn(CCF)c1C(C)C. The topological polar surface area (TPSA) is 57.0 Å². The van der Waals surface area contributed by atoms with Gasteiger partial charge >= 0.3 is 5.97 Å². The van der Waals surface area contributed by atoms with Crippen molar-refractivity contribution in [2.45, 2.75) is 26.3 Å². The molecule has 0 saturated heterocycles. The number of carbonyl (C=O) groups excluding carboxylic acids is 1. The van der Waals surface area contributed by atoms with Gasteiger partial charge in [-0.15, -0.1) is 5.10 Å². The highest BCUT2D eigenvalue weighted by molar-refractivity contribution is 5.88. The number of methoxy groups -OCH3 is 1. The smallest absolute Gasteiger partial charge is 0.360 e. The van der Waals surface area contributed by atoms with Crippen molar-refractivity contribution in [3.8, 4) is 0 Å². The largest absolute Gasteiger partial charge is 0.464 e. The first-order valence-electron chi connectivity index (χ1n) is 4.69. The molecule has 0 atom stereocenters. The van der Waals surface area contributed by atoms with Gasteiger partial charge in [-0.3, -0.25) is 0 Å². The first-order valence-corrected chi connectivity index (χ1v) is 4.69. The zero-order valence-corrected chi connectivity index (χ0v) is 9.03. The fourth-order valence-electron chi connectivity index (χ4n) is 1.38. The lowest BCUT2D eigenvalue weighted by atomic mass is 10.1. The molecule has 6 heteroatoms. The summed E-state index contributed by atoms with van der Waals surface area (Å²) in [6.07, 6.45) is 0. The van der Waals surface area contributed by atoms with Crippen molar-refractivity contribution in [2.24, 2.45) is 0 Å². The predicted octanol–water partition coefficient (Wildman–Crippen LogP) is 1.16. The Hall–Kier alpha value is -1.46. The van der Waals surface area contributed by atoms with Crippen LogP contribution < -0.4 is 0 Å². The highest BCUT2D eigenvalue weighted by atomic mass is 19.1. The van der Waals surface area contributed by atoms with E-state index in [1.54, 1.807) is 0 Å². The van der Waals surface area contributed by atoms with Crippen LogP contribution in [0.1, 0.15) is 35.9 Å². The quantitative estimate of drug-likeness (QED) is 0.707. The van der Waals surface area contributed by atoms with Crippen molar-refractivity contribution in [1.82, 2.24) is 15.0 Å². The number of hydrogen-bond donors (Lipinski definition) is 0. The standard InChI is InChI=1S/C9H14FN3O2/c1-6(2)8-7(9(14)15-3)11-12-13(8)5-4-10/h6H,4-5H2,1-3H3. The van der Waals surface area contributed by atoms with E-state index >= 15 is 0 Å². The summed E-state index contributed by atoms with van der Waals surface area (Å²) in [5.41, 5.74) is 0.778. The average Bonchev–Trinajstić information content (AvgIpc) is 2.61. The summed E-state index contributed by atoms with van der Waals surface area (Å²) in [6.45, 7) is 3.35. The molecule has 0 aliphatic heterocycles. The minimum atomic E-state index is -0.538. The van der Waals surface area contributed by atoms with Crippen molar-refractivity contribution in [2.75, 3.05) is 13.8 Å². The van der Waals surface area contributed by atoms with Gasteiger partial charge in [-0.25, -0.2) is 13.9 Å².